The van der Waals surface area contributed by atoms with Crippen molar-refractivity contribution in [1.29, 1.82) is 0 Å². The van der Waals surface area contributed by atoms with Crippen molar-refractivity contribution < 1.29 is 52.5 Å². The van der Waals surface area contributed by atoms with E-state index < -0.39 is 17.6 Å². The van der Waals surface area contributed by atoms with E-state index in [4.69, 9.17) is 38.2 Å². The molecule has 0 aliphatic rings. The predicted molar refractivity (Wildman–Crippen MR) is 187 cm³/mol. The van der Waals surface area contributed by atoms with Gasteiger partial charge in [-0.3, -0.25) is 9.68 Å². The predicted octanol–water partition coefficient (Wildman–Crippen LogP) is 4.09. The first kappa shape index (κ1) is 60.3. The Morgan fingerprint density at radius 1 is 0.833 bits per heavy atom. The summed E-state index contributed by atoms with van der Waals surface area (Å²) in [7, 11) is 4.93. The van der Waals surface area contributed by atoms with Gasteiger partial charge in [-0.05, 0) is 53.6 Å². The normalized spacial score (nSPS) is 10.2. The Morgan fingerprint density at radius 3 is 1.60 bits per heavy atom. The van der Waals surface area contributed by atoms with Crippen LogP contribution in [0.5, 0.6) is 0 Å². The summed E-state index contributed by atoms with van der Waals surface area (Å²) < 4.78 is 26.3. The van der Waals surface area contributed by atoms with E-state index in [0.717, 1.165) is 25.7 Å². The van der Waals surface area contributed by atoms with E-state index in [9.17, 15) is 14.4 Å². The minimum absolute atomic E-state index is 0. The molecule has 1 atom stereocenters. The minimum Gasteiger partial charge on any atom is -0.520 e. The molecule has 0 spiro atoms. The van der Waals surface area contributed by atoms with E-state index >= 15 is 0 Å². The van der Waals surface area contributed by atoms with Crippen molar-refractivity contribution in [3.63, 3.8) is 0 Å². The third-order valence-electron chi connectivity index (χ3n) is 4.42. The van der Waals surface area contributed by atoms with Crippen LogP contribution in [-0.4, -0.2) is 130 Å². The smallest absolute Gasteiger partial charge is 0.326 e. The van der Waals surface area contributed by atoms with Gasteiger partial charge in [0.15, 0.2) is 0 Å². The number of carbonyl (C=O) groups excluding carboxylic acids is 4. The number of amides is 1. The molecule has 15 heteroatoms. The first-order valence-corrected chi connectivity index (χ1v) is 16.6. The van der Waals surface area contributed by atoms with Gasteiger partial charge < -0.3 is 48.7 Å². The molecule has 0 aromatic heterocycles. The van der Waals surface area contributed by atoms with Crippen molar-refractivity contribution in [1.82, 2.24) is 15.9 Å². The van der Waals surface area contributed by atoms with Gasteiger partial charge in [-0.1, -0.05) is 53.2 Å². The van der Waals surface area contributed by atoms with Gasteiger partial charge in [-0.15, -0.1) is 0 Å². The molecular formula is C33H72FmN3O11-. The summed E-state index contributed by atoms with van der Waals surface area (Å²) in [6.45, 7) is 25.1. The Morgan fingerprint density at radius 2 is 1.25 bits per heavy atom. The molecule has 0 radical (unpaired) electrons. The van der Waals surface area contributed by atoms with Gasteiger partial charge in [0.05, 0.1) is 79.7 Å². The van der Waals surface area contributed by atoms with Crippen molar-refractivity contribution >= 4 is 25.5 Å². The number of hydrogen-bond acceptors (Lipinski definition) is 13. The van der Waals surface area contributed by atoms with Crippen LogP contribution in [0.4, 0.5) is 0 Å². The molecule has 0 saturated heterocycles. The third kappa shape index (κ3) is 61.9. The SMILES string of the molecule is C=O.CC.CC.CCC.CNCCCCC(N[C-]=O)C(=O)OC(C)(C)C.CON(CCOCCOCCOCCOCCC=O)OC.[Fm]. The Hall–Kier alpha value is -3.04. The molecule has 0 heterocycles. The first-order valence-electron chi connectivity index (χ1n) is 16.6. The summed E-state index contributed by atoms with van der Waals surface area (Å²) in [5, 5.41) is 6.73. The number of rotatable bonds is 25. The summed E-state index contributed by atoms with van der Waals surface area (Å²) in [4.78, 5) is 49.8. The van der Waals surface area contributed by atoms with Crippen molar-refractivity contribution in [2.75, 3.05) is 87.2 Å². The maximum atomic E-state index is 11.7. The Balaban J connectivity index is -0.000000112. The fourth-order valence-corrected chi connectivity index (χ4v) is 2.63. The third-order valence-corrected chi connectivity index (χ3v) is 4.42. The van der Waals surface area contributed by atoms with Crippen LogP contribution in [0.25, 0.3) is 0 Å². The van der Waals surface area contributed by atoms with Crippen LogP contribution in [-0.2, 0) is 52.5 Å². The van der Waals surface area contributed by atoms with Crippen LogP contribution in [0.2, 0.25) is 0 Å². The van der Waals surface area contributed by atoms with Crippen molar-refractivity contribution in [2.24, 2.45) is 0 Å². The zero-order valence-corrected chi connectivity index (χ0v) is 34.6. The van der Waals surface area contributed by atoms with Crippen LogP contribution in [0.15, 0.2) is 0 Å². The maximum Gasteiger partial charge on any atom is 0.326 e. The van der Waals surface area contributed by atoms with Crippen LogP contribution in [0, 0.1) is 0 Å². The van der Waals surface area contributed by atoms with Gasteiger partial charge in [-0.25, -0.2) is 4.79 Å². The van der Waals surface area contributed by atoms with Gasteiger partial charge in [0, 0.05) is 6.42 Å². The van der Waals surface area contributed by atoms with Crippen molar-refractivity contribution in [3.8, 4) is 0 Å². The molecule has 0 aliphatic carbocycles. The van der Waals surface area contributed by atoms with E-state index in [1.165, 1.54) is 25.9 Å². The number of nitrogens with one attached hydrogen (secondary N) is 2. The van der Waals surface area contributed by atoms with Crippen LogP contribution in [0.1, 0.15) is 94.4 Å². The maximum absolute atomic E-state index is 11.7. The van der Waals surface area contributed by atoms with Crippen molar-refractivity contribution in [2.45, 2.75) is 106 Å². The summed E-state index contributed by atoms with van der Waals surface area (Å²) in [6, 6.07) is -0.594. The molecule has 0 aliphatic heterocycles. The number of carbonyl (C=O) groups is 3. The summed E-state index contributed by atoms with van der Waals surface area (Å²) in [6.07, 6.45) is 6.44. The monoisotopic (exact) mass is 944 g/mol. The van der Waals surface area contributed by atoms with Gasteiger partial charge in [-0.2, -0.15) is 6.41 Å². The molecule has 2 N–H and O–H groups in total. The fraction of sp³-hybridized carbons (Fsp3) is 0.879. The van der Waals surface area contributed by atoms with Crippen molar-refractivity contribution in [3.05, 3.63) is 0 Å². The molecule has 0 saturated carbocycles. The van der Waals surface area contributed by atoms with Crippen LogP contribution < -0.4 is 10.6 Å². The Bertz CT molecular complexity index is 588. The molecule has 1 unspecified atom stereocenters. The van der Waals surface area contributed by atoms with Gasteiger partial charge in [0.1, 0.15) is 18.7 Å². The number of hydrogen-bond donors (Lipinski definition) is 2. The van der Waals surface area contributed by atoms with E-state index in [1.54, 1.807) is 27.2 Å². The molecule has 0 bridgehead atoms. The molecule has 1 amide bonds. The van der Waals surface area contributed by atoms with E-state index in [-0.39, 0.29) is 0 Å². The molecule has 0 aromatic rings. The van der Waals surface area contributed by atoms with Crippen LogP contribution in [0.3, 0.4) is 0 Å². The quantitative estimate of drug-likeness (QED) is 0.0337. The fourth-order valence-electron chi connectivity index (χ4n) is 2.63. The van der Waals surface area contributed by atoms with E-state index in [0.29, 0.717) is 72.2 Å². The molecule has 0 fully saturated rings. The van der Waals surface area contributed by atoms with E-state index in [2.05, 4.69) is 24.5 Å². The molecule has 48 heavy (non-hydrogen) atoms. The van der Waals surface area contributed by atoms with Gasteiger partial charge in [0.25, 0.3) is 0 Å². The second-order valence-electron chi connectivity index (χ2n) is 9.47. The number of unbranched alkanes of at least 4 members (excludes halogenated alkanes) is 1. The second-order valence-corrected chi connectivity index (χ2v) is 9.47. The molecule has 14 nitrogen and oxygen atoms in total. The molecule has 0 aromatic carbocycles. The number of ether oxygens (including phenoxy) is 5. The van der Waals surface area contributed by atoms with E-state index in [1.807, 2.05) is 41.5 Å². The van der Waals surface area contributed by atoms with Crippen LogP contribution >= 0.6 is 0 Å². The summed E-state index contributed by atoms with van der Waals surface area (Å²) in [5.74, 6) is -0.398. The second kappa shape index (κ2) is 56.3. The number of esters is 1. The standard InChI is InChI=1S/C13H27NO7.C12H23N2O3.C3H8.2C2H6.CH2O.Fm/c1-16-14(17-2)4-7-19-9-11-21-13-12-20-10-8-18-6-3-5-15;1-12(2,3)17-11(16)10(14-9-15)7-5-6-8-13-4;1-3-2;3*1-2;/h5H,3-4,6-13H2,1-2H3;10,13H,5-8H2,1-4H3,(H,14,15);3H2,1-2H3;2*1-2H3;1H2;/q;-1;;;;;. The number of aldehydes is 1. The zero-order valence-electron chi connectivity index (χ0n) is 32.2. The van der Waals surface area contributed by atoms with Gasteiger partial charge >= 0.3 is 5.97 Å². The zero-order chi connectivity index (χ0) is 37.6. The molecular weight excluding hydrogens is 871 g/mol. The Labute approximate surface area is 287 Å². The average molecular weight is 944 g/mol. The number of hydroxylamine groups is 2. The average Bonchev–Trinajstić information content (AvgIpc) is 3.07. The number of nitrogens with zero attached hydrogens (tertiary/aromatic N) is 1. The molecule has 298 valence electrons. The first-order chi connectivity index (χ1) is 22.7. The summed E-state index contributed by atoms with van der Waals surface area (Å²) >= 11 is 0. The summed E-state index contributed by atoms with van der Waals surface area (Å²) in [5.41, 5.74) is -0.537. The van der Waals surface area contributed by atoms with Gasteiger partial charge in [0.2, 0.25) is 0 Å². The molecule has 0 rings (SSSR count). The topological polar surface area (TPSA) is 160 Å². The minimum atomic E-state index is -0.594. The Kier molecular flexibility index (Phi) is 70.7. The largest absolute Gasteiger partial charge is 0.520 e.